The van der Waals surface area contributed by atoms with Gasteiger partial charge in [-0.05, 0) is 12.8 Å². The fraction of sp³-hybridized carbons (Fsp3) is 1.00. The topological polar surface area (TPSA) is 0 Å². The van der Waals surface area contributed by atoms with E-state index in [1.54, 1.807) is 0 Å². The van der Waals surface area contributed by atoms with Gasteiger partial charge in [0, 0.05) is 27.3 Å². The molecule has 0 aromatic rings. The fourth-order valence-electron chi connectivity index (χ4n) is 8.08. The van der Waals surface area contributed by atoms with Gasteiger partial charge in [-0.3, -0.25) is 0 Å². The second kappa shape index (κ2) is 47.1. The predicted octanol–water partition coefficient (Wildman–Crippen LogP) is 16.1. The van der Waals surface area contributed by atoms with Crippen LogP contribution in [0.5, 0.6) is 0 Å². The molecule has 310 valence electrons. The van der Waals surface area contributed by atoms with Crippen LogP contribution in [0.4, 0.5) is 0 Å². The standard InChI is InChI=1S/C49H102P.BrH/c1-5-6-7-8-9-10-11-12-13-14-15-16-17-18-19-20-21-22-23-24-25-26-27-28-29-30-31-32-33-34-35-36-37-38-39-40-41-42-43-44-45-46-47-48-49-50(2,3)4;/h5-49H2,1-4H3;1H/q+1;/p-1. The first kappa shape index (κ1) is 54.0. The molecule has 0 saturated heterocycles. The van der Waals surface area contributed by atoms with Crippen LogP contribution >= 0.6 is 7.26 Å². The molecular formula is C49H102BrP. The Kier molecular flexibility index (Phi) is 49.8. The van der Waals surface area contributed by atoms with Crippen molar-refractivity contribution in [1.29, 1.82) is 0 Å². The van der Waals surface area contributed by atoms with Gasteiger partial charge in [0.05, 0.1) is 6.16 Å². The lowest BCUT2D eigenvalue weighted by atomic mass is 10.0. The third-order valence-corrected chi connectivity index (χ3v) is 13.3. The smallest absolute Gasteiger partial charge is 0.0586 e. The van der Waals surface area contributed by atoms with Crippen molar-refractivity contribution in [2.75, 3.05) is 26.2 Å². The molecule has 51 heavy (non-hydrogen) atoms. The summed E-state index contributed by atoms with van der Waals surface area (Å²) in [5.41, 5.74) is 0. The summed E-state index contributed by atoms with van der Waals surface area (Å²) in [6, 6.07) is 0. The van der Waals surface area contributed by atoms with Crippen LogP contribution < -0.4 is 17.0 Å². The zero-order chi connectivity index (χ0) is 36.3. The van der Waals surface area contributed by atoms with Crippen molar-refractivity contribution in [2.24, 2.45) is 0 Å². The average molecular weight is 802 g/mol. The van der Waals surface area contributed by atoms with Crippen molar-refractivity contribution in [3.8, 4) is 0 Å². The van der Waals surface area contributed by atoms with Crippen LogP contribution in [0.25, 0.3) is 0 Å². The van der Waals surface area contributed by atoms with Crippen molar-refractivity contribution in [3.63, 3.8) is 0 Å². The first-order valence-corrected chi connectivity index (χ1v) is 27.7. The van der Waals surface area contributed by atoms with E-state index in [2.05, 4.69) is 26.9 Å². The maximum absolute atomic E-state index is 2.49. The number of halogens is 1. The second-order valence-corrected chi connectivity index (χ2v) is 23.2. The summed E-state index contributed by atoms with van der Waals surface area (Å²) >= 11 is 0. The van der Waals surface area contributed by atoms with Crippen LogP contribution in [0, 0.1) is 0 Å². The van der Waals surface area contributed by atoms with E-state index in [-0.39, 0.29) is 17.0 Å². The van der Waals surface area contributed by atoms with Gasteiger partial charge in [0.2, 0.25) is 0 Å². The highest BCUT2D eigenvalue weighted by molar-refractivity contribution is 7.73. The molecule has 0 aliphatic carbocycles. The van der Waals surface area contributed by atoms with E-state index in [9.17, 15) is 0 Å². The molecule has 0 unspecified atom stereocenters. The minimum atomic E-state index is -0.524. The van der Waals surface area contributed by atoms with E-state index in [0.29, 0.717) is 0 Å². The minimum absolute atomic E-state index is 0. The zero-order valence-corrected chi connectivity index (χ0v) is 39.1. The molecule has 0 aliphatic rings. The summed E-state index contributed by atoms with van der Waals surface area (Å²) in [5, 5.41) is 0. The predicted molar refractivity (Wildman–Crippen MR) is 238 cm³/mol. The molecule has 0 heterocycles. The molecule has 2 heteroatoms. The van der Waals surface area contributed by atoms with Crippen molar-refractivity contribution in [1.82, 2.24) is 0 Å². The van der Waals surface area contributed by atoms with Crippen molar-refractivity contribution in [3.05, 3.63) is 0 Å². The number of hydrogen-bond acceptors (Lipinski definition) is 0. The summed E-state index contributed by atoms with van der Waals surface area (Å²) < 4.78 is 0. The van der Waals surface area contributed by atoms with Crippen LogP contribution in [0.3, 0.4) is 0 Å². The van der Waals surface area contributed by atoms with Crippen LogP contribution in [-0.2, 0) is 0 Å². The molecule has 0 spiro atoms. The van der Waals surface area contributed by atoms with Gasteiger partial charge in [-0.2, -0.15) is 0 Å². The van der Waals surface area contributed by atoms with Crippen molar-refractivity contribution < 1.29 is 17.0 Å². The molecule has 0 aromatic carbocycles. The van der Waals surface area contributed by atoms with Crippen LogP contribution in [0.1, 0.15) is 289 Å². The molecule has 0 amide bonds. The van der Waals surface area contributed by atoms with Crippen molar-refractivity contribution in [2.45, 2.75) is 289 Å². The van der Waals surface area contributed by atoms with E-state index in [1.165, 1.54) is 289 Å². The van der Waals surface area contributed by atoms with Gasteiger partial charge in [-0.1, -0.05) is 277 Å². The lowest BCUT2D eigenvalue weighted by Gasteiger charge is -2.10. The molecular weight excluding hydrogens is 699 g/mol. The Morgan fingerprint density at radius 3 is 0.431 bits per heavy atom. The van der Waals surface area contributed by atoms with E-state index in [0.717, 1.165) is 0 Å². The van der Waals surface area contributed by atoms with E-state index < -0.39 is 7.26 Å². The molecule has 0 radical (unpaired) electrons. The zero-order valence-electron chi connectivity index (χ0n) is 36.6. The lowest BCUT2D eigenvalue weighted by molar-refractivity contribution is -0.0000113. The van der Waals surface area contributed by atoms with E-state index >= 15 is 0 Å². The van der Waals surface area contributed by atoms with Crippen molar-refractivity contribution >= 4 is 7.26 Å². The fourth-order valence-corrected chi connectivity index (χ4v) is 9.26. The Bertz CT molecular complexity index is 583. The Morgan fingerprint density at radius 2 is 0.314 bits per heavy atom. The van der Waals surface area contributed by atoms with Crippen LogP contribution in [0.2, 0.25) is 0 Å². The second-order valence-electron chi connectivity index (χ2n) is 18.2. The van der Waals surface area contributed by atoms with Crippen LogP contribution in [0.15, 0.2) is 0 Å². The molecule has 0 nitrogen and oxygen atoms in total. The molecule has 0 saturated carbocycles. The molecule has 0 aromatic heterocycles. The maximum atomic E-state index is 2.49. The maximum Gasteiger partial charge on any atom is 0.0586 e. The molecule has 0 rings (SSSR count). The summed E-state index contributed by atoms with van der Waals surface area (Å²) in [4.78, 5) is 0. The number of hydrogen-bond donors (Lipinski definition) is 0. The van der Waals surface area contributed by atoms with Gasteiger partial charge in [-0.25, -0.2) is 0 Å². The monoisotopic (exact) mass is 801 g/mol. The van der Waals surface area contributed by atoms with Gasteiger partial charge in [0.15, 0.2) is 0 Å². The SMILES string of the molecule is CCCCCCCCCCCCCCCCCCCCCCCCCCCCCCCCCCCCCCCCCCCCCC[P+](C)(C)C.[Br-]. The quantitative estimate of drug-likeness (QED) is 0.0425. The Labute approximate surface area is 338 Å². The highest BCUT2D eigenvalue weighted by Crippen LogP contribution is 2.47. The Balaban J connectivity index is 0. The summed E-state index contributed by atoms with van der Waals surface area (Å²) in [6.45, 7) is 9.77. The minimum Gasteiger partial charge on any atom is -1.00 e. The van der Waals surface area contributed by atoms with Gasteiger partial charge in [-0.15, -0.1) is 0 Å². The first-order chi connectivity index (χ1) is 24.6. The Morgan fingerprint density at radius 1 is 0.196 bits per heavy atom. The normalized spacial score (nSPS) is 11.8. The molecule has 0 atom stereocenters. The molecule has 0 aliphatic heterocycles. The highest BCUT2D eigenvalue weighted by atomic mass is 79.9. The first-order valence-electron chi connectivity index (χ1n) is 24.4. The van der Waals surface area contributed by atoms with Gasteiger partial charge >= 0.3 is 0 Å². The average Bonchev–Trinajstić information content (AvgIpc) is 3.09. The molecule has 0 bridgehead atoms. The van der Waals surface area contributed by atoms with Crippen LogP contribution in [-0.4, -0.2) is 26.2 Å². The molecule has 0 N–H and O–H groups in total. The van der Waals surface area contributed by atoms with Gasteiger partial charge in [0.25, 0.3) is 0 Å². The highest BCUT2D eigenvalue weighted by Gasteiger charge is 2.15. The largest absolute Gasteiger partial charge is 1.00 e. The van der Waals surface area contributed by atoms with E-state index in [4.69, 9.17) is 0 Å². The third-order valence-electron chi connectivity index (χ3n) is 11.7. The third kappa shape index (κ3) is 53.1. The summed E-state index contributed by atoms with van der Waals surface area (Å²) in [7, 11) is -0.524. The Hall–Kier alpha value is 0.910. The lowest BCUT2D eigenvalue weighted by Crippen LogP contribution is -3.00. The molecule has 0 fully saturated rings. The van der Waals surface area contributed by atoms with Gasteiger partial charge < -0.3 is 17.0 Å². The summed E-state index contributed by atoms with van der Waals surface area (Å²) in [5.74, 6) is 0. The van der Waals surface area contributed by atoms with Gasteiger partial charge in [0.1, 0.15) is 0 Å². The number of rotatable bonds is 45. The summed E-state index contributed by atoms with van der Waals surface area (Å²) in [6.07, 6.45) is 67.1. The number of unbranched alkanes of at least 4 members (excludes halogenated alkanes) is 43. The van der Waals surface area contributed by atoms with E-state index in [1.807, 2.05) is 0 Å².